The Morgan fingerprint density at radius 2 is 1.32 bits per heavy atom. The summed E-state index contributed by atoms with van der Waals surface area (Å²) in [7, 11) is -2.57. The van der Waals surface area contributed by atoms with Gasteiger partial charge in [0.1, 0.15) is 4.90 Å². The Morgan fingerprint density at radius 3 is 2.00 bits per heavy atom. The zero-order chi connectivity index (χ0) is 20.1. The number of ketones is 2. The van der Waals surface area contributed by atoms with E-state index < -0.39 is 10.0 Å². The Hall–Kier alpha value is -2.77. The van der Waals surface area contributed by atoms with Crippen LogP contribution in [0.1, 0.15) is 31.8 Å². The number of benzene rings is 3. The molecule has 0 N–H and O–H groups in total. The van der Waals surface area contributed by atoms with Gasteiger partial charge in [-0.2, -0.15) is 0 Å². The number of halogens is 1. The molecule has 1 aliphatic rings. The maximum Gasteiger partial charge on any atom is 0.265 e. The summed E-state index contributed by atoms with van der Waals surface area (Å²) in [4.78, 5) is 26.1. The zero-order valence-electron chi connectivity index (χ0n) is 14.7. The van der Waals surface area contributed by atoms with Gasteiger partial charge in [-0.15, -0.1) is 0 Å². The van der Waals surface area contributed by atoms with Crippen molar-refractivity contribution in [3.05, 3.63) is 93.5 Å². The number of hydrogen-bond donors (Lipinski definition) is 0. The van der Waals surface area contributed by atoms with E-state index in [-0.39, 0.29) is 38.8 Å². The van der Waals surface area contributed by atoms with Gasteiger partial charge in [-0.25, -0.2) is 8.42 Å². The number of anilines is 1. The van der Waals surface area contributed by atoms with Crippen molar-refractivity contribution in [1.82, 2.24) is 0 Å². The van der Waals surface area contributed by atoms with Crippen LogP contribution in [-0.4, -0.2) is 27.0 Å². The minimum Gasteiger partial charge on any atom is -0.289 e. The van der Waals surface area contributed by atoms with Gasteiger partial charge < -0.3 is 0 Å². The molecule has 0 amide bonds. The van der Waals surface area contributed by atoms with Crippen LogP contribution in [-0.2, 0) is 10.0 Å². The summed E-state index contributed by atoms with van der Waals surface area (Å²) >= 11 is 3.26. The van der Waals surface area contributed by atoms with Gasteiger partial charge in [0, 0.05) is 28.2 Å². The van der Waals surface area contributed by atoms with Crippen LogP contribution in [0.5, 0.6) is 0 Å². The molecule has 3 aromatic carbocycles. The molecule has 0 saturated heterocycles. The third-order valence-electron chi connectivity index (χ3n) is 4.74. The van der Waals surface area contributed by atoms with Gasteiger partial charge in [-0.05, 0) is 34.1 Å². The molecule has 0 unspecified atom stereocenters. The first-order chi connectivity index (χ1) is 13.3. The van der Waals surface area contributed by atoms with Crippen molar-refractivity contribution in [2.45, 2.75) is 4.90 Å². The monoisotopic (exact) mass is 455 g/mol. The van der Waals surface area contributed by atoms with Crippen LogP contribution in [0.2, 0.25) is 0 Å². The molecule has 3 aromatic rings. The average molecular weight is 456 g/mol. The molecule has 0 fully saturated rings. The van der Waals surface area contributed by atoms with E-state index in [0.717, 1.165) is 4.31 Å². The van der Waals surface area contributed by atoms with E-state index in [1.54, 1.807) is 54.6 Å². The summed E-state index contributed by atoms with van der Waals surface area (Å²) in [5.41, 5.74) is 1.08. The van der Waals surface area contributed by atoms with Crippen LogP contribution in [0.4, 0.5) is 5.69 Å². The van der Waals surface area contributed by atoms with Gasteiger partial charge in [-0.1, -0.05) is 48.5 Å². The van der Waals surface area contributed by atoms with Crippen LogP contribution < -0.4 is 4.31 Å². The van der Waals surface area contributed by atoms with E-state index in [9.17, 15) is 18.0 Å². The Balaban J connectivity index is 1.91. The molecule has 0 radical (unpaired) electrons. The highest BCUT2D eigenvalue weighted by Crippen LogP contribution is 2.36. The van der Waals surface area contributed by atoms with Gasteiger partial charge in [0.2, 0.25) is 0 Å². The average Bonchev–Trinajstić information content (AvgIpc) is 2.71. The molecule has 0 spiro atoms. The second-order valence-corrected chi connectivity index (χ2v) is 9.10. The lowest BCUT2D eigenvalue weighted by atomic mass is 9.83. The topological polar surface area (TPSA) is 71.5 Å². The molecule has 1 aliphatic carbocycles. The van der Waals surface area contributed by atoms with Crippen molar-refractivity contribution in [2.24, 2.45) is 0 Å². The minimum atomic E-state index is -3.95. The number of fused-ring (bicyclic) bond motifs is 2. The minimum absolute atomic E-state index is 0.0742. The van der Waals surface area contributed by atoms with Crippen LogP contribution >= 0.6 is 15.9 Å². The maximum absolute atomic E-state index is 13.2. The molecule has 5 nitrogen and oxygen atoms in total. The predicted octanol–water partition coefficient (Wildman–Crippen LogP) is 4.05. The van der Waals surface area contributed by atoms with Crippen LogP contribution in [0.25, 0.3) is 0 Å². The summed E-state index contributed by atoms with van der Waals surface area (Å²) in [5.74, 6) is -0.659. The molecule has 140 valence electrons. The molecular formula is C21H14BrNO4S. The van der Waals surface area contributed by atoms with Gasteiger partial charge in [0.15, 0.2) is 11.6 Å². The van der Waals surface area contributed by atoms with E-state index in [4.69, 9.17) is 0 Å². The quantitative estimate of drug-likeness (QED) is 0.467. The third kappa shape index (κ3) is 2.70. The molecule has 0 bridgehead atoms. The van der Waals surface area contributed by atoms with Crippen molar-refractivity contribution in [1.29, 1.82) is 0 Å². The van der Waals surface area contributed by atoms with Crippen molar-refractivity contribution in [2.75, 3.05) is 11.4 Å². The third-order valence-corrected chi connectivity index (χ3v) is 7.53. The van der Waals surface area contributed by atoms with Crippen molar-refractivity contribution in [3.8, 4) is 0 Å². The van der Waals surface area contributed by atoms with E-state index >= 15 is 0 Å². The lowest BCUT2D eigenvalue weighted by Gasteiger charge is -2.26. The van der Waals surface area contributed by atoms with Gasteiger partial charge in [-0.3, -0.25) is 13.9 Å². The SMILES string of the molecule is CN(c1cccc2c1C(=O)c1ccccc1C2=O)S(=O)(=O)c1ccccc1Br. The highest BCUT2D eigenvalue weighted by atomic mass is 79.9. The normalized spacial score (nSPS) is 13.1. The first-order valence-electron chi connectivity index (χ1n) is 8.39. The molecule has 0 aromatic heterocycles. The van der Waals surface area contributed by atoms with Gasteiger partial charge in [0.05, 0.1) is 11.3 Å². The Bertz CT molecular complexity index is 1250. The van der Waals surface area contributed by atoms with Crippen LogP contribution in [0, 0.1) is 0 Å². The highest BCUT2D eigenvalue weighted by molar-refractivity contribution is 9.10. The second-order valence-electron chi connectivity index (χ2n) is 6.31. The second kappa shape index (κ2) is 6.68. The number of carbonyl (C=O) groups is 2. The fourth-order valence-electron chi connectivity index (χ4n) is 3.32. The molecule has 0 saturated carbocycles. The zero-order valence-corrected chi connectivity index (χ0v) is 17.1. The molecule has 4 rings (SSSR count). The van der Waals surface area contributed by atoms with E-state index in [0.29, 0.717) is 10.0 Å². The summed E-state index contributed by atoms with van der Waals surface area (Å²) < 4.78 is 27.8. The molecule has 0 aliphatic heterocycles. The molecule has 7 heteroatoms. The smallest absolute Gasteiger partial charge is 0.265 e. The lowest BCUT2D eigenvalue weighted by molar-refractivity contribution is 0.0979. The van der Waals surface area contributed by atoms with Crippen molar-refractivity contribution < 1.29 is 18.0 Å². The molecule has 0 atom stereocenters. The van der Waals surface area contributed by atoms with Crippen LogP contribution in [0.3, 0.4) is 0 Å². The first-order valence-corrected chi connectivity index (χ1v) is 10.6. The molecular weight excluding hydrogens is 442 g/mol. The summed E-state index contributed by atoms with van der Waals surface area (Å²) in [6.07, 6.45) is 0. The lowest BCUT2D eigenvalue weighted by Crippen LogP contribution is -2.31. The first kappa shape index (κ1) is 18.6. The number of hydrogen-bond acceptors (Lipinski definition) is 4. The number of carbonyl (C=O) groups excluding carboxylic acids is 2. The van der Waals surface area contributed by atoms with E-state index in [1.807, 2.05) is 0 Å². The summed E-state index contributed by atoms with van der Waals surface area (Å²) in [6.45, 7) is 0. The van der Waals surface area contributed by atoms with Crippen molar-refractivity contribution in [3.63, 3.8) is 0 Å². The summed E-state index contributed by atoms with van der Waals surface area (Å²) in [5, 5.41) is 0. The fourth-order valence-corrected chi connectivity index (χ4v) is 5.49. The molecule has 0 heterocycles. The highest BCUT2D eigenvalue weighted by Gasteiger charge is 2.34. The Labute approximate surface area is 170 Å². The predicted molar refractivity (Wildman–Crippen MR) is 109 cm³/mol. The fraction of sp³-hybridized carbons (Fsp3) is 0.0476. The number of nitrogens with zero attached hydrogens (tertiary/aromatic N) is 1. The maximum atomic E-state index is 13.2. The van der Waals surface area contributed by atoms with Gasteiger partial charge >= 0.3 is 0 Å². The number of rotatable bonds is 3. The van der Waals surface area contributed by atoms with Crippen LogP contribution in [0.15, 0.2) is 76.1 Å². The summed E-state index contributed by atoms with van der Waals surface area (Å²) in [6, 6.07) is 17.7. The van der Waals surface area contributed by atoms with E-state index in [2.05, 4.69) is 15.9 Å². The largest absolute Gasteiger partial charge is 0.289 e. The standard InChI is InChI=1S/C21H14BrNO4S/c1-23(28(26,27)18-12-5-4-10-16(18)22)17-11-6-9-15-19(17)21(25)14-8-3-2-7-13(14)20(15)24/h2-12H,1H3. The Kier molecular flexibility index (Phi) is 4.44. The molecule has 28 heavy (non-hydrogen) atoms. The van der Waals surface area contributed by atoms with Crippen molar-refractivity contribution >= 4 is 43.2 Å². The number of sulfonamides is 1. The van der Waals surface area contributed by atoms with Gasteiger partial charge in [0.25, 0.3) is 10.0 Å². The Morgan fingerprint density at radius 1 is 0.750 bits per heavy atom. The van der Waals surface area contributed by atoms with E-state index in [1.165, 1.54) is 19.2 Å².